The molecule has 1 aliphatic heterocycles. The van der Waals surface area contributed by atoms with E-state index in [9.17, 15) is 9.59 Å². The summed E-state index contributed by atoms with van der Waals surface area (Å²) in [6.45, 7) is 3.57. The molecule has 7 rings (SSSR count). The Balaban J connectivity index is 1.19. The fourth-order valence-corrected chi connectivity index (χ4v) is 8.05. The summed E-state index contributed by atoms with van der Waals surface area (Å²) in [7, 11) is 1.59. The third kappa shape index (κ3) is 5.50. The number of hydrogen-bond acceptors (Lipinski definition) is 8. The first-order chi connectivity index (χ1) is 21.5. The molecule has 4 aromatic rings. The average Bonchev–Trinajstić information content (AvgIpc) is 3.80. The van der Waals surface area contributed by atoms with Gasteiger partial charge in [-0.2, -0.15) is 5.10 Å². The maximum absolute atomic E-state index is 13.5. The smallest absolute Gasteiger partial charge is 0.255 e. The number of nitrogens with one attached hydrogen (secondary N) is 2. The van der Waals surface area contributed by atoms with Crippen molar-refractivity contribution in [3.63, 3.8) is 0 Å². The van der Waals surface area contributed by atoms with Crippen LogP contribution in [0.15, 0.2) is 42.7 Å². The van der Waals surface area contributed by atoms with E-state index in [1.165, 1.54) is 43.9 Å². The van der Waals surface area contributed by atoms with Crippen LogP contribution in [0, 0.1) is 0 Å². The van der Waals surface area contributed by atoms with Crippen molar-refractivity contribution in [2.24, 2.45) is 0 Å². The lowest BCUT2D eigenvalue weighted by Gasteiger charge is -2.36. The summed E-state index contributed by atoms with van der Waals surface area (Å²) in [5.74, 6) is 0.227. The highest BCUT2D eigenvalue weighted by Crippen LogP contribution is 2.44. The lowest BCUT2D eigenvalue weighted by Crippen LogP contribution is -2.47. The molecule has 2 amide bonds. The van der Waals surface area contributed by atoms with Crippen LogP contribution < -0.4 is 15.4 Å². The number of rotatable bonds is 7. The first-order valence-electron chi connectivity index (χ1n) is 15.5. The summed E-state index contributed by atoms with van der Waals surface area (Å²) in [5, 5.41) is 11.8. The number of carbonyl (C=O) groups excluding carboxylic acids is 2. The van der Waals surface area contributed by atoms with Crippen LogP contribution in [-0.2, 0) is 17.6 Å². The van der Waals surface area contributed by atoms with Gasteiger partial charge in [0.1, 0.15) is 5.75 Å². The van der Waals surface area contributed by atoms with Crippen LogP contribution in [0.3, 0.4) is 0 Å². The van der Waals surface area contributed by atoms with Crippen molar-refractivity contribution < 1.29 is 14.3 Å². The molecule has 228 valence electrons. The predicted octanol–water partition coefficient (Wildman–Crippen LogP) is 5.26. The van der Waals surface area contributed by atoms with Gasteiger partial charge in [0.05, 0.1) is 40.3 Å². The Morgan fingerprint density at radius 2 is 1.89 bits per heavy atom. The van der Waals surface area contributed by atoms with E-state index in [0.29, 0.717) is 16.4 Å². The molecule has 0 radical (unpaired) electrons. The summed E-state index contributed by atoms with van der Waals surface area (Å²) in [6, 6.07) is 10.4. The van der Waals surface area contributed by atoms with Gasteiger partial charge in [0.25, 0.3) is 5.91 Å². The Hall–Kier alpha value is -4.09. The van der Waals surface area contributed by atoms with Crippen molar-refractivity contribution in [3.05, 3.63) is 59.5 Å². The van der Waals surface area contributed by atoms with Gasteiger partial charge >= 0.3 is 0 Å². The van der Waals surface area contributed by atoms with Gasteiger partial charge in [0.2, 0.25) is 5.91 Å². The number of aryl methyl sites for hydroxylation is 1. The fraction of sp³-hybridized carbons (Fsp3) is 0.424. The maximum Gasteiger partial charge on any atom is 0.255 e. The van der Waals surface area contributed by atoms with Crippen molar-refractivity contribution in [3.8, 4) is 33.3 Å². The van der Waals surface area contributed by atoms with E-state index in [4.69, 9.17) is 14.8 Å². The first-order valence-corrected chi connectivity index (χ1v) is 16.3. The molecule has 1 saturated carbocycles. The number of nitrogens with zero attached hydrogens (tertiary/aromatic N) is 5. The molecular weight excluding hydrogens is 574 g/mol. The number of likely N-dealkylation sites (tertiary alicyclic amines) is 1. The second-order valence-electron chi connectivity index (χ2n) is 11.9. The number of hydrogen-bond donors (Lipinski definition) is 2. The molecule has 2 aliphatic carbocycles. The quantitative estimate of drug-likeness (QED) is 0.293. The van der Waals surface area contributed by atoms with Crippen molar-refractivity contribution >= 4 is 28.3 Å². The first kappa shape index (κ1) is 28.7. The molecule has 0 unspecified atom stereocenters. The molecule has 3 aliphatic rings. The van der Waals surface area contributed by atoms with Gasteiger partial charge in [0.15, 0.2) is 5.13 Å². The zero-order valence-corrected chi connectivity index (χ0v) is 26.0. The Kier molecular flexibility index (Phi) is 7.90. The number of anilines is 1. The average molecular weight is 612 g/mol. The summed E-state index contributed by atoms with van der Waals surface area (Å²) in [5.41, 5.74) is 6.05. The standard InChI is InChI=1S/C33H37N7O3S/c1-20(41)35-33-37-27-12-11-26-29(21-6-5-15-34-19-21)38-40(30(26)31(27)44-33)24-9-10-25(28(18-24)43-2)32(42)36-22-13-16-39(17-14-22)23-7-3-4-8-23/h5-6,9-10,15,18-19,22-23H,3-4,7-8,11-14,16-17H2,1-2H3,(H,36,42)(H,35,37,41). The van der Waals surface area contributed by atoms with Gasteiger partial charge in [-0.15, -0.1) is 0 Å². The lowest BCUT2D eigenvalue weighted by molar-refractivity contribution is -0.114. The van der Waals surface area contributed by atoms with Crippen LogP contribution in [0.5, 0.6) is 5.75 Å². The highest BCUT2D eigenvalue weighted by Gasteiger charge is 2.31. The molecule has 0 bridgehead atoms. The predicted molar refractivity (Wildman–Crippen MR) is 170 cm³/mol. The van der Waals surface area contributed by atoms with E-state index >= 15 is 0 Å². The number of pyridine rings is 1. The number of carbonyl (C=O) groups is 2. The second kappa shape index (κ2) is 12.1. The van der Waals surface area contributed by atoms with Crippen molar-refractivity contribution in [2.75, 3.05) is 25.5 Å². The third-order valence-corrected chi connectivity index (χ3v) is 10.1. The molecule has 1 saturated heterocycles. The van der Waals surface area contributed by atoms with Crippen LogP contribution in [-0.4, -0.2) is 68.7 Å². The maximum atomic E-state index is 13.5. The summed E-state index contributed by atoms with van der Waals surface area (Å²) < 4.78 is 7.69. The topological polar surface area (TPSA) is 114 Å². The molecule has 1 aromatic carbocycles. The normalized spacial score (nSPS) is 17.2. The van der Waals surface area contributed by atoms with Gasteiger partial charge in [-0.1, -0.05) is 24.2 Å². The zero-order valence-electron chi connectivity index (χ0n) is 25.1. The molecule has 0 atom stereocenters. The SMILES string of the molecule is COc1cc(-n2nc(-c3cccnc3)c3c2-c2sc(NC(C)=O)nc2CC3)ccc1C(=O)NC1CCN(C2CCCC2)CC1. The van der Waals surface area contributed by atoms with Crippen molar-refractivity contribution in [1.29, 1.82) is 0 Å². The molecule has 0 spiro atoms. The van der Waals surface area contributed by atoms with E-state index < -0.39 is 0 Å². The number of piperidine rings is 1. The number of ether oxygens (including phenoxy) is 1. The van der Waals surface area contributed by atoms with Gasteiger partial charge in [-0.3, -0.25) is 14.6 Å². The Morgan fingerprint density at radius 1 is 1.07 bits per heavy atom. The van der Waals surface area contributed by atoms with E-state index in [1.807, 2.05) is 41.2 Å². The molecule has 2 N–H and O–H groups in total. The Morgan fingerprint density at radius 3 is 2.61 bits per heavy atom. The Bertz CT molecular complexity index is 1680. The second-order valence-corrected chi connectivity index (χ2v) is 12.9. The van der Waals surface area contributed by atoms with Gasteiger partial charge in [0, 0.05) is 61.7 Å². The monoisotopic (exact) mass is 611 g/mol. The number of benzene rings is 1. The Labute approximate surface area is 260 Å². The van der Waals surface area contributed by atoms with E-state index in [2.05, 4.69) is 20.5 Å². The molecule has 10 nitrogen and oxygen atoms in total. The van der Waals surface area contributed by atoms with Crippen molar-refractivity contribution in [2.45, 2.75) is 70.4 Å². The van der Waals surface area contributed by atoms with Crippen molar-refractivity contribution in [1.82, 2.24) is 30.0 Å². The summed E-state index contributed by atoms with van der Waals surface area (Å²) in [6.07, 6.45) is 12.3. The van der Waals surface area contributed by atoms with Crippen LogP contribution in [0.1, 0.15) is 67.1 Å². The molecule has 3 aromatic heterocycles. The molecule has 2 fully saturated rings. The molecule has 11 heteroatoms. The number of aromatic nitrogens is 4. The zero-order chi connectivity index (χ0) is 30.2. The fourth-order valence-electron chi connectivity index (χ4n) is 6.94. The van der Waals surface area contributed by atoms with Crippen LogP contribution >= 0.6 is 11.3 Å². The lowest BCUT2D eigenvalue weighted by atomic mass is 9.95. The number of fused-ring (bicyclic) bond motifs is 3. The van der Waals surface area contributed by atoms with E-state index in [0.717, 1.165) is 83.6 Å². The third-order valence-electron chi connectivity index (χ3n) is 9.11. The number of amides is 2. The van der Waals surface area contributed by atoms with Gasteiger partial charge < -0.3 is 20.3 Å². The highest BCUT2D eigenvalue weighted by molar-refractivity contribution is 7.19. The van der Waals surface area contributed by atoms with Gasteiger partial charge in [-0.05, 0) is 62.8 Å². The minimum Gasteiger partial charge on any atom is -0.496 e. The van der Waals surface area contributed by atoms with Crippen LogP contribution in [0.4, 0.5) is 5.13 Å². The van der Waals surface area contributed by atoms with Gasteiger partial charge in [-0.25, -0.2) is 9.67 Å². The molecular formula is C33H37N7O3S. The summed E-state index contributed by atoms with van der Waals surface area (Å²) in [4.78, 5) is 37.9. The molecule has 44 heavy (non-hydrogen) atoms. The number of thiazole rings is 1. The highest BCUT2D eigenvalue weighted by atomic mass is 32.1. The van der Waals surface area contributed by atoms with Crippen LogP contribution in [0.2, 0.25) is 0 Å². The van der Waals surface area contributed by atoms with E-state index in [1.54, 1.807) is 13.3 Å². The minimum absolute atomic E-state index is 0.115. The van der Waals surface area contributed by atoms with Crippen LogP contribution in [0.25, 0.3) is 27.5 Å². The largest absolute Gasteiger partial charge is 0.496 e. The molecule has 4 heterocycles. The minimum atomic E-state index is -0.154. The summed E-state index contributed by atoms with van der Waals surface area (Å²) >= 11 is 1.45. The number of methoxy groups -OCH3 is 1. The van der Waals surface area contributed by atoms with E-state index in [-0.39, 0.29) is 17.9 Å².